The summed E-state index contributed by atoms with van der Waals surface area (Å²) < 4.78 is 43.2. The average Bonchev–Trinajstić information content (AvgIpc) is 2.70. The number of aromatic nitrogens is 1. The lowest BCUT2D eigenvalue weighted by atomic mass is 10.2. The third kappa shape index (κ3) is 4.47. The third-order valence-electron chi connectivity index (χ3n) is 3.90. The number of fused-ring (bicyclic) bond motifs is 1. The molecule has 7 nitrogen and oxygen atoms in total. The van der Waals surface area contributed by atoms with Crippen LogP contribution in [-0.4, -0.2) is 40.8 Å². The Balaban J connectivity index is 1.60. The molecule has 1 aromatic heterocycles. The molecule has 0 amide bonds. The van der Waals surface area contributed by atoms with Crippen molar-refractivity contribution in [3.63, 3.8) is 0 Å². The molecule has 0 fully saturated rings. The van der Waals surface area contributed by atoms with Gasteiger partial charge in [-0.2, -0.15) is 0 Å². The van der Waals surface area contributed by atoms with E-state index in [4.69, 9.17) is 14.2 Å². The van der Waals surface area contributed by atoms with E-state index in [-0.39, 0.29) is 18.0 Å². The van der Waals surface area contributed by atoms with Gasteiger partial charge >= 0.3 is 0 Å². The fourth-order valence-corrected chi connectivity index (χ4v) is 3.58. The maximum Gasteiger partial charge on any atom is 0.240 e. The monoisotopic (exact) mass is 388 g/mol. The van der Waals surface area contributed by atoms with Gasteiger partial charge in [0.25, 0.3) is 0 Å². The van der Waals surface area contributed by atoms with Crippen molar-refractivity contribution in [2.45, 2.75) is 4.90 Å². The molecule has 0 saturated heterocycles. The van der Waals surface area contributed by atoms with Gasteiger partial charge in [-0.05, 0) is 36.4 Å². The molecule has 1 heterocycles. The molecule has 0 aliphatic carbocycles. The van der Waals surface area contributed by atoms with Crippen molar-refractivity contribution < 1.29 is 22.6 Å². The van der Waals surface area contributed by atoms with Crippen LogP contribution in [0, 0.1) is 0 Å². The molecule has 0 aliphatic heterocycles. The molecular formula is C19H20N2O5S. The Labute approximate surface area is 158 Å². The molecule has 3 aromatic rings. The second kappa shape index (κ2) is 8.24. The fraction of sp³-hybridized carbons (Fsp3) is 0.211. The molecule has 27 heavy (non-hydrogen) atoms. The van der Waals surface area contributed by atoms with E-state index in [1.165, 1.54) is 26.4 Å². The van der Waals surface area contributed by atoms with Crippen LogP contribution in [0.1, 0.15) is 0 Å². The summed E-state index contributed by atoms with van der Waals surface area (Å²) in [5.41, 5.74) is 0.874. The molecule has 8 heteroatoms. The smallest absolute Gasteiger partial charge is 0.240 e. The van der Waals surface area contributed by atoms with Crippen molar-refractivity contribution in [1.82, 2.24) is 9.71 Å². The van der Waals surface area contributed by atoms with E-state index in [1.54, 1.807) is 18.3 Å². The number of hydrogen-bond acceptors (Lipinski definition) is 6. The van der Waals surface area contributed by atoms with Gasteiger partial charge < -0.3 is 14.2 Å². The van der Waals surface area contributed by atoms with Gasteiger partial charge in [0.15, 0.2) is 11.5 Å². The number of hydrogen-bond donors (Lipinski definition) is 1. The summed E-state index contributed by atoms with van der Waals surface area (Å²) in [5, 5.41) is 0.959. The zero-order valence-electron chi connectivity index (χ0n) is 15.0. The van der Waals surface area contributed by atoms with E-state index >= 15 is 0 Å². The van der Waals surface area contributed by atoms with Crippen molar-refractivity contribution in [1.29, 1.82) is 0 Å². The highest BCUT2D eigenvalue weighted by Crippen LogP contribution is 2.29. The van der Waals surface area contributed by atoms with E-state index in [2.05, 4.69) is 9.71 Å². The van der Waals surface area contributed by atoms with E-state index in [0.717, 1.165) is 10.9 Å². The van der Waals surface area contributed by atoms with E-state index < -0.39 is 10.0 Å². The number of methoxy groups -OCH3 is 2. The largest absolute Gasteiger partial charge is 0.493 e. The summed E-state index contributed by atoms with van der Waals surface area (Å²) in [6.07, 6.45) is 1.73. The van der Waals surface area contributed by atoms with Crippen LogP contribution in [0.15, 0.2) is 59.6 Å². The third-order valence-corrected chi connectivity index (χ3v) is 5.36. The van der Waals surface area contributed by atoms with Gasteiger partial charge in [0.1, 0.15) is 12.4 Å². The Bertz CT molecular complexity index is 1040. The molecule has 0 unspecified atom stereocenters. The van der Waals surface area contributed by atoms with Gasteiger partial charge in [-0.3, -0.25) is 4.98 Å². The second-order valence-corrected chi connectivity index (χ2v) is 7.39. The van der Waals surface area contributed by atoms with Crippen molar-refractivity contribution in [2.24, 2.45) is 0 Å². The molecule has 1 N–H and O–H groups in total. The predicted octanol–water partition coefficient (Wildman–Crippen LogP) is 2.61. The van der Waals surface area contributed by atoms with Crippen LogP contribution in [-0.2, 0) is 10.0 Å². The molecule has 2 aromatic carbocycles. The Hall–Kier alpha value is -2.84. The lowest BCUT2D eigenvalue weighted by Gasteiger charge is -2.11. The van der Waals surface area contributed by atoms with Gasteiger partial charge in [-0.25, -0.2) is 13.1 Å². The van der Waals surface area contributed by atoms with Crippen LogP contribution in [0.2, 0.25) is 0 Å². The molecule has 3 rings (SSSR count). The fourth-order valence-electron chi connectivity index (χ4n) is 2.56. The Morgan fingerprint density at radius 2 is 1.81 bits per heavy atom. The first-order valence-electron chi connectivity index (χ1n) is 8.23. The second-order valence-electron chi connectivity index (χ2n) is 5.62. The molecule has 0 radical (unpaired) electrons. The van der Waals surface area contributed by atoms with Gasteiger partial charge in [-0.1, -0.05) is 6.07 Å². The van der Waals surface area contributed by atoms with Crippen LogP contribution in [0.25, 0.3) is 10.9 Å². The molecule has 0 saturated carbocycles. The minimum absolute atomic E-state index is 0.0944. The number of pyridine rings is 1. The summed E-state index contributed by atoms with van der Waals surface area (Å²) in [6.45, 7) is 0.319. The maximum atomic E-state index is 12.4. The van der Waals surface area contributed by atoms with Crippen molar-refractivity contribution in [3.05, 3.63) is 54.7 Å². The highest BCUT2D eigenvalue weighted by atomic mass is 32.2. The number of nitrogens with zero attached hydrogens (tertiary/aromatic N) is 1. The maximum absolute atomic E-state index is 12.4. The predicted molar refractivity (Wildman–Crippen MR) is 102 cm³/mol. The number of rotatable bonds is 8. The minimum Gasteiger partial charge on any atom is -0.493 e. The minimum atomic E-state index is -3.68. The molecule has 0 aliphatic rings. The summed E-state index contributed by atoms with van der Waals surface area (Å²) in [7, 11) is -0.739. The summed E-state index contributed by atoms with van der Waals surface area (Å²) in [4.78, 5) is 4.34. The first-order chi connectivity index (χ1) is 13.0. The van der Waals surface area contributed by atoms with Gasteiger partial charge in [-0.15, -0.1) is 0 Å². The first-order valence-corrected chi connectivity index (χ1v) is 9.71. The normalized spacial score (nSPS) is 11.3. The van der Waals surface area contributed by atoms with E-state index in [1.807, 2.05) is 24.3 Å². The average molecular weight is 388 g/mol. The molecular weight excluding hydrogens is 368 g/mol. The molecule has 0 spiro atoms. The topological polar surface area (TPSA) is 86.8 Å². The van der Waals surface area contributed by atoms with E-state index in [0.29, 0.717) is 17.2 Å². The quantitative estimate of drug-likeness (QED) is 0.597. The first kappa shape index (κ1) is 18.9. The standard InChI is InChI=1S/C19H20N2O5S/c1-24-18-8-6-16(13-19(18)25-2)27(22,23)21-10-11-26-15-5-7-17-14(12-15)4-3-9-20-17/h3-9,12-13,21H,10-11H2,1-2H3. The Morgan fingerprint density at radius 3 is 2.59 bits per heavy atom. The lowest BCUT2D eigenvalue weighted by molar-refractivity contribution is 0.323. The van der Waals surface area contributed by atoms with Gasteiger partial charge in [0.05, 0.1) is 24.6 Å². The SMILES string of the molecule is COc1ccc(S(=O)(=O)NCCOc2ccc3ncccc3c2)cc1OC. The molecule has 142 valence electrons. The number of sulfonamides is 1. The Morgan fingerprint density at radius 1 is 1.00 bits per heavy atom. The summed E-state index contributed by atoms with van der Waals surface area (Å²) in [5.74, 6) is 1.47. The number of ether oxygens (including phenoxy) is 3. The highest BCUT2D eigenvalue weighted by Gasteiger charge is 2.16. The van der Waals surface area contributed by atoms with Crippen LogP contribution in [0.4, 0.5) is 0 Å². The van der Waals surface area contributed by atoms with Gasteiger partial charge in [0, 0.05) is 24.2 Å². The number of benzene rings is 2. The van der Waals surface area contributed by atoms with E-state index in [9.17, 15) is 8.42 Å². The van der Waals surface area contributed by atoms with Crippen LogP contribution < -0.4 is 18.9 Å². The number of nitrogens with one attached hydrogen (secondary N) is 1. The summed E-state index contributed by atoms with van der Waals surface area (Å²) in [6, 6.07) is 13.7. The van der Waals surface area contributed by atoms with Crippen molar-refractivity contribution >= 4 is 20.9 Å². The van der Waals surface area contributed by atoms with Crippen LogP contribution >= 0.6 is 0 Å². The zero-order valence-corrected chi connectivity index (χ0v) is 15.8. The summed E-state index contributed by atoms with van der Waals surface area (Å²) >= 11 is 0. The van der Waals surface area contributed by atoms with Gasteiger partial charge in [0.2, 0.25) is 10.0 Å². The highest BCUT2D eigenvalue weighted by molar-refractivity contribution is 7.89. The zero-order chi connectivity index (χ0) is 19.3. The van der Waals surface area contributed by atoms with Crippen LogP contribution in [0.5, 0.6) is 17.2 Å². The lowest BCUT2D eigenvalue weighted by Crippen LogP contribution is -2.28. The Kier molecular flexibility index (Phi) is 5.78. The van der Waals surface area contributed by atoms with Crippen molar-refractivity contribution in [2.75, 3.05) is 27.4 Å². The molecule has 0 bridgehead atoms. The van der Waals surface area contributed by atoms with Crippen LogP contribution in [0.3, 0.4) is 0 Å². The van der Waals surface area contributed by atoms with Crippen molar-refractivity contribution in [3.8, 4) is 17.2 Å². The molecule has 0 atom stereocenters.